The van der Waals surface area contributed by atoms with Gasteiger partial charge in [0.2, 0.25) is 0 Å². The van der Waals surface area contributed by atoms with Crippen LogP contribution in [-0.2, 0) is 14.3 Å². The van der Waals surface area contributed by atoms with Gasteiger partial charge in [0.05, 0.1) is 25.7 Å². The Morgan fingerprint density at radius 1 is 1.53 bits per heavy atom. The molecule has 19 heavy (non-hydrogen) atoms. The van der Waals surface area contributed by atoms with Crippen molar-refractivity contribution < 1.29 is 18.7 Å². The van der Waals surface area contributed by atoms with Gasteiger partial charge in [-0.3, -0.25) is 10.1 Å². The summed E-state index contributed by atoms with van der Waals surface area (Å²) in [7, 11) is 0. The van der Waals surface area contributed by atoms with E-state index < -0.39 is 18.4 Å². The minimum atomic E-state index is -1.26. The fourth-order valence-corrected chi connectivity index (χ4v) is 2.18. The van der Waals surface area contributed by atoms with Crippen LogP contribution in [0.15, 0.2) is 30.3 Å². The van der Waals surface area contributed by atoms with Crippen LogP contribution in [0.4, 0.5) is 4.39 Å². The maximum absolute atomic E-state index is 13.2. The standard InChI is InChI=1S/C14H18FNO3/c1-2-18-13(17)8-14(10-15)16-12(9-19-14)11-6-4-3-5-7-11/h3-7,12,16H,2,8-10H2,1H3/t12-,14?/m0/s1. The maximum Gasteiger partial charge on any atom is 0.310 e. The van der Waals surface area contributed by atoms with Gasteiger partial charge in [-0.05, 0) is 12.5 Å². The van der Waals surface area contributed by atoms with E-state index >= 15 is 0 Å². The molecule has 1 aliphatic heterocycles. The maximum atomic E-state index is 13.2. The lowest BCUT2D eigenvalue weighted by atomic mass is 10.1. The highest BCUT2D eigenvalue weighted by Crippen LogP contribution is 2.29. The van der Waals surface area contributed by atoms with E-state index in [0.717, 1.165) is 5.56 Å². The summed E-state index contributed by atoms with van der Waals surface area (Å²) in [5.74, 6) is -0.457. The Bertz CT molecular complexity index is 426. The van der Waals surface area contributed by atoms with E-state index in [1.165, 1.54) is 0 Å². The number of hydrogen-bond acceptors (Lipinski definition) is 4. The zero-order valence-electron chi connectivity index (χ0n) is 10.9. The Balaban J connectivity index is 2.03. The largest absolute Gasteiger partial charge is 0.466 e. The van der Waals surface area contributed by atoms with Crippen molar-refractivity contribution in [3.8, 4) is 0 Å². The summed E-state index contributed by atoms with van der Waals surface area (Å²) < 4.78 is 23.6. The van der Waals surface area contributed by atoms with E-state index in [4.69, 9.17) is 9.47 Å². The van der Waals surface area contributed by atoms with Gasteiger partial charge in [0.25, 0.3) is 0 Å². The highest BCUT2D eigenvalue weighted by atomic mass is 19.1. The Morgan fingerprint density at radius 3 is 2.89 bits per heavy atom. The highest BCUT2D eigenvalue weighted by molar-refractivity contribution is 5.70. The van der Waals surface area contributed by atoms with Gasteiger partial charge in [-0.15, -0.1) is 0 Å². The predicted octanol–water partition coefficient (Wildman–Crippen LogP) is 1.97. The summed E-state index contributed by atoms with van der Waals surface area (Å²) in [6, 6.07) is 9.53. The number of ether oxygens (including phenoxy) is 2. The van der Waals surface area contributed by atoms with Crippen molar-refractivity contribution in [1.29, 1.82) is 0 Å². The lowest BCUT2D eigenvalue weighted by Crippen LogP contribution is -2.46. The molecule has 4 nitrogen and oxygen atoms in total. The molecule has 1 fully saturated rings. The molecule has 1 aromatic rings. The van der Waals surface area contributed by atoms with Gasteiger partial charge in [0, 0.05) is 0 Å². The van der Waals surface area contributed by atoms with Gasteiger partial charge >= 0.3 is 5.97 Å². The van der Waals surface area contributed by atoms with Crippen molar-refractivity contribution in [2.45, 2.75) is 25.1 Å². The van der Waals surface area contributed by atoms with E-state index in [0.29, 0.717) is 6.61 Å². The van der Waals surface area contributed by atoms with E-state index in [2.05, 4.69) is 5.32 Å². The van der Waals surface area contributed by atoms with Crippen LogP contribution in [0.25, 0.3) is 0 Å². The van der Waals surface area contributed by atoms with Crippen LogP contribution in [0.3, 0.4) is 0 Å². The van der Waals surface area contributed by atoms with Gasteiger partial charge in [-0.1, -0.05) is 30.3 Å². The van der Waals surface area contributed by atoms with E-state index in [1.54, 1.807) is 6.92 Å². The Kier molecular flexibility index (Phi) is 4.50. The van der Waals surface area contributed by atoms with Gasteiger partial charge in [-0.2, -0.15) is 0 Å². The van der Waals surface area contributed by atoms with Crippen molar-refractivity contribution in [1.82, 2.24) is 5.32 Å². The fourth-order valence-electron chi connectivity index (χ4n) is 2.18. The number of alkyl halides is 1. The molecule has 0 radical (unpaired) electrons. The van der Waals surface area contributed by atoms with Gasteiger partial charge in [0.15, 0.2) is 5.72 Å². The molecule has 0 amide bonds. The zero-order chi connectivity index (χ0) is 13.7. The summed E-state index contributed by atoms with van der Waals surface area (Å²) in [5, 5.41) is 3.06. The average molecular weight is 267 g/mol. The molecule has 104 valence electrons. The molecule has 0 saturated carbocycles. The Hall–Kier alpha value is -1.46. The lowest BCUT2D eigenvalue weighted by Gasteiger charge is -2.24. The summed E-state index contributed by atoms with van der Waals surface area (Å²) in [6.07, 6.45) is -0.124. The second-order valence-electron chi connectivity index (χ2n) is 4.53. The van der Waals surface area contributed by atoms with E-state index in [9.17, 15) is 9.18 Å². The number of esters is 1. The molecule has 1 aliphatic rings. The Labute approximate surface area is 111 Å². The minimum Gasteiger partial charge on any atom is -0.466 e. The summed E-state index contributed by atoms with van der Waals surface area (Å²) in [5.41, 5.74) is -0.242. The first-order valence-corrected chi connectivity index (χ1v) is 6.37. The number of carbonyl (C=O) groups is 1. The van der Waals surface area contributed by atoms with Crippen molar-refractivity contribution in [3.63, 3.8) is 0 Å². The quantitative estimate of drug-likeness (QED) is 0.829. The molecule has 1 N–H and O–H groups in total. The SMILES string of the molecule is CCOC(=O)CC1(CF)N[C@H](c2ccccc2)CO1. The van der Waals surface area contributed by atoms with Crippen LogP contribution < -0.4 is 5.32 Å². The molecule has 1 heterocycles. The smallest absolute Gasteiger partial charge is 0.310 e. The van der Waals surface area contributed by atoms with Gasteiger partial charge in [0.1, 0.15) is 6.67 Å². The highest BCUT2D eigenvalue weighted by Gasteiger charge is 2.42. The molecule has 0 aromatic heterocycles. The van der Waals surface area contributed by atoms with Crippen LogP contribution >= 0.6 is 0 Å². The van der Waals surface area contributed by atoms with Crippen LogP contribution in [0.5, 0.6) is 0 Å². The van der Waals surface area contributed by atoms with Gasteiger partial charge < -0.3 is 9.47 Å². The van der Waals surface area contributed by atoms with Crippen molar-refractivity contribution >= 4 is 5.97 Å². The zero-order valence-corrected chi connectivity index (χ0v) is 10.9. The molecule has 2 atom stereocenters. The topological polar surface area (TPSA) is 47.6 Å². The molecule has 5 heteroatoms. The number of rotatable bonds is 5. The number of hydrogen-bond donors (Lipinski definition) is 1. The van der Waals surface area contributed by atoms with Crippen molar-refractivity contribution in [2.75, 3.05) is 19.9 Å². The second-order valence-corrected chi connectivity index (χ2v) is 4.53. The van der Waals surface area contributed by atoms with E-state index in [1.807, 2.05) is 30.3 Å². The third kappa shape index (κ3) is 3.30. The molecule has 1 saturated heterocycles. The molecule has 2 rings (SSSR count). The van der Waals surface area contributed by atoms with Crippen LogP contribution in [0.2, 0.25) is 0 Å². The third-order valence-electron chi connectivity index (χ3n) is 3.12. The van der Waals surface area contributed by atoms with Crippen molar-refractivity contribution in [2.24, 2.45) is 0 Å². The van der Waals surface area contributed by atoms with Crippen LogP contribution in [0, 0.1) is 0 Å². The molecule has 1 unspecified atom stereocenters. The number of benzene rings is 1. The molecule has 0 bridgehead atoms. The molecule has 0 aliphatic carbocycles. The second kappa shape index (κ2) is 6.12. The van der Waals surface area contributed by atoms with Gasteiger partial charge in [-0.25, -0.2) is 4.39 Å². The first kappa shape index (κ1) is 14.0. The minimum absolute atomic E-state index is 0.105. The normalized spacial score (nSPS) is 26.3. The summed E-state index contributed by atoms with van der Waals surface area (Å²) >= 11 is 0. The number of halogens is 1. The molecular weight excluding hydrogens is 249 g/mol. The summed E-state index contributed by atoms with van der Waals surface area (Å²) in [4.78, 5) is 11.5. The molecule has 1 aromatic carbocycles. The van der Waals surface area contributed by atoms with Crippen molar-refractivity contribution in [3.05, 3.63) is 35.9 Å². The monoisotopic (exact) mass is 267 g/mol. The fraction of sp³-hybridized carbons (Fsp3) is 0.500. The first-order valence-electron chi connectivity index (χ1n) is 6.37. The number of nitrogens with one attached hydrogen (secondary N) is 1. The van der Waals surface area contributed by atoms with E-state index in [-0.39, 0.29) is 19.1 Å². The molecular formula is C14H18FNO3. The average Bonchev–Trinajstić information content (AvgIpc) is 2.85. The molecule has 0 spiro atoms. The van der Waals surface area contributed by atoms with Crippen LogP contribution in [-0.4, -0.2) is 31.6 Å². The summed E-state index contributed by atoms with van der Waals surface area (Å²) in [6.45, 7) is 1.57. The third-order valence-corrected chi connectivity index (χ3v) is 3.12. The van der Waals surface area contributed by atoms with Crippen LogP contribution in [0.1, 0.15) is 24.9 Å². The first-order chi connectivity index (χ1) is 9.19. The lowest BCUT2D eigenvalue weighted by molar-refractivity contribution is -0.151. The number of carbonyl (C=O) groups excluding carboxylic acids is 1. The predicted molar refractivity (Wildman–Crippen MR) is 68.2 cm³/mol. The Morgan fingerprint density at radius 2 is 2.26 bits per heavy atom.